The predicted molar refractivity (Wildman–Crippen MR) is 49.0 cm³/mol. The highest BCUT2D eigenvalue weighted by atomic mass is 27.1. The van der Waals surface area contributed by atoms with Crippen LogP contribution in [0.2, 0.25) is 0 Å². The Balaban J connectivity index is -0.0000000886. The Kier molecular flexibility index (Phi) is 25.3. The summed E-state index contributed by atoms with van der Waals surface area (Å²) in [4.78, 5) is 16.7. The highest BCUT2D eigenvalue weighted by Crippen LogP contribution is 1.41. The van der Waals surface area contributed by atoms with Crippen molar-refractivity contribution in [2.24, 2.45) is 0 Å². The third-order valence-electron chi connectivity index (χ3n) is 0. The number of carbonyl (C=O) groups is 2. The summed E-state index contributed by atoms with van der Waals surface area (Å²) >= 11 is 0.531. The predicted octanol–water partition coefficient (Wildman–Crippen LogP) is -0.213. The van der Waals surface area contributed by atoms with Crippen molar-refractivity contribution in [1.82, 2.24) is 0 Å². The van der Waals surface area contributed by atoms with Gasteiger partial charge in [0.2, 0.25) is 0 Å². The van der Waals surface area contributed by atoms with Crippen molar-refractivity contribution < 1.29 is 19.8 Å². The molecule has 0 aliphatic rings. The molecule has 0 radical (unpaired) electrons. The van der Waals surface area contributed by atoms with E-state index in [1.54, 1.807) is 6.08 Å². The van der Waals surface area contributed by atoms with Gasteiger partial charge in [-0.2, -0.15) is 0 Å². The van der Waals surface area contributed by atoms with Gasteiger partial charge in [-0.1, -0.05) is 6.08 Å². The Hall–Kier alpha value is -0.255. The molecule has 0 saturated heterocycles. The Morgan fingerprint density at radius 3 is 1.27 bits per heavy atom. The van der Waals surface area contributed by atoms with Crippen LogP contribution in [0, 0.1) is 0 Å². The van der Waals surface area contributed by atoms with Gasteiger partial charge in [0.25, 0.3) is 0 Å². The van der Waals surface area contributed by atoms with Crippen LogP contribution in [0.15, 0.2) is 12.7 Å². The second kappa shape index (κ2) is 16.4. The van der Waals surface area contributed by atoms with E-state index in [1.165, 1.54) is 0 Å². The van der Waals surface area contributed by atoms with Gasteiger partial charge in [0.1, 0.15) is 0 Å². The fourth-order valence-electron chi connectivity index (χ4n) is 0. The lowest BCUT2D eigenvalue weighted by atomic mass is 10.8. The molecule has 0 spiro atoms. The zero-order chi connectivity index (χ0) is 9.86. The monoisotopic (exact) mass is 190 g/mol. The molecule has 0 unspecified atom stereocenters. The molecule has 0 rings (SSSR count). The van der Waals surface area contributed by atoms with Crippen LogP contribution in [0.4, 0.5) is 9.59 Å². The molecule has 0 heterocycles. The van der Waals surface area contributed by atoms with Gasteiger partial charge >= 0.3 is 32.6 Å². The van der Waals surface area contributed by atoms with Crippen molar-refractivity contribution >= 4 is 42.2 Å². The molecule has 0 aromatic heterocycles. The van der Waals surface area contributed by atoms with Crippen LogP contribution in [0.5, 0.6) is 0 Å². The largest absolute Gasteiger partial charge is 0.497 e. The highest BCUT2D eigenvalue weighted by Gasteiger charge is 1.68. The van der Waals surface area contributed by atoms with Crippen molar-refractivity contribution in [2.75, 3.05) is 0 Å². The Morgan fingerprint density at radius 2 is 1.27 bits per heavy atom. The van der Waals surface area contributed by atoms with E-state index in [4.69, 9.17) is 19.8 Å². The second-order valence-electron chi connectivity index (χ2n) is 1.45. The normalized spacial score (nSPS) is 5.55. The van der Waals surface area contributed by atoms with Crippen LogP contribution in [0.3, 0.4) is 0 Å². The van der Waals surface area contributed by atoms with E-state index in [0.29, 0.717) is 0 Å². The number of hydrogen-bond acceptors (Lipinski definition) is 2. The van der Waals surface area contributed by atoms with Crippen molar-refractivity contribution in [1.29, 1.82) is 0 Å². The molecule has 0 bridgehead atoms. The van der Waals surface area contributed by atoms with Crippen molar-refractivity contribution in [3.8, 4) is 0 Å². The maximum Gasteiger partial charge on any atom is 0.387 e. The fourth-order valence-corrected chi connectivity index (χ4v) is 0. The zero-order valence-corrected chi connectivity index (χ0v) is 11.0. The summed E-state index contributed by atoms with van der Waals surface area (Å²) in [7, 11) is 0. The second-order valence-corrected chi connectivity index (χ2v) is 3.16. The van der Waals surface area contributed by atoms with Crippen LogP contribution in [0.25, 0.3) is 0 Å². The maximum atomic E-state index is 9.06. The van der Waals surface area contributed by atoms with E-state index in [9.17, 15) is 0 Å². The number of carboxylic acid groups (broad SMARTS) is 2. The van der Waals surface area contributed by atoms with Gasteiger partial charge in [-0.3, -0.25) is 9.59 Å². The smallest absolute Gasteiger partial charge is 0.387 e. The molecule has 0 amide bonds. The van der Waals surface area contributed by atoms with E-state index < -0.39 is 9.66 Å². The van der Waals surface area contributed by atoms with E-state index >= 15 is 0 Å². The van der Waals surface area contributed by atoms with E-state index in [1.807, 2.05) is 6.92 Å². The molecule has 0 aromatic carbocycles. The molecule has 2 N–H and O–H groups in total. The Bertz CT molecular complexity index is 104. The van der Waals surface area contributed by atoms with Gasteiger partial charge in [0.05, 0.1) is 0 Å². The first-order valence-corrected chi connectivity index (χ1v) is 4.84. The van der Waals surface area contributed by atoms with Gasteiger partial charge in [0.15, 0.2) is 9.66 Å². The van der Waals surface area contributed by atoms with E-state index in [0.717, 1.165) is 0 Å². The fraction of sp³-hybridized carbons (Fsp3) is 0.200. The molecule has 0 aliphatic carbocycles. The van der Waals surface area contributed by atoms with Crippen LogP contribution in [-0.4, -0.2) is 52.5 Å². The molecule has 0 aliphatic heterocycles. The van der Waals surface area contributed by atoms with E-state index in [-0.39, 0.29) is 32.6 Å². The first kappa shape index (κ1) is 17.0. The number of rotatable bonds is 0. The average molecular weight is 190 g/mol. The van der Waals surface area contributed by atoms with Crippen molar-refractivity contribution in [3.05, 3.63) is 12.7 Å². The third-order valence-corrected chi connectivity index (χ3v) is 0. The summed E-state index contributed by atoms with van der Waals surface area (Å²) in [6.07, 6.45) is 1.75. The summed E-state index contributed by atoms with van der Waals surface area (Å²) in [5.41, 5.74) is 0. The zero-order valence-electron chi connectivity index (χ0n) is 7.00. The van der Waals surface area contributed by atoms with Crippen LogP contribution in [-0.2, 0) is 0 Å². The summed E-state index contributed by atoms with van der Waals surface area (Å²) in [5, 5.41) is 15.0. The first-order chi connectivity index (χ1) is 4.88. The minimum absolute atomic E-state index is 0.265. The molecular weight excluding hydrogens is 178 g/mol. The minimum Gasteiger partial charge on any atom is -0.497 e. The summed E-state index contributed by atoms with van der Waals surface area (Å²) in [6, 6.07) is 0. The van der Waals surface area contributed by atoms with Crippen LogP contribution < -0.4 is 0 Å². The summed E-state index contributed by atoms with van der Waals surface area (Å²) in [6.45, 7) is 5.25. The topological polar surface area (TPSA) is 74.6 Å². The molecule has 0 atom stereocenters. The van der Waals surface area contributed by atoms with E-state index in [2.05, 4.69) is 6.58 Å². The number of hydrogen-bond donors (Lipinski definition) is 2. The molecule has 0 fully saturated rings. The quantitative estimate of drug-likeness (QED) is 0.409. The summed E-state index contributed by atoms with van der Waals surface area (Å²) < 4.78 is 0. The lowest BCUT2D eigenvalue weighted by Crippen LogP contribution is -1.83. The lowest BCUT2D eigenvalue weighted by Gasteiger charge is -1.60. The van der Waals surface area contributed by atoms with Gasteiger partial charge in [0, 0.05) is 0 Å². The van der Waals surface area contributed by atoms with Crippen LogP contribution >= 0.6 is 0 Å². The third kappa shape index (κ3) is 8980. The molecule has 0 saturated carbocycles. The molecule has 62 valence electrons. The standard InChI is InChI=1S/C3H6.2CHO2.2Al.4H/c1-3-2;2*2-1-3;;;;;;/h3H,1H2,2H3;2*(H,2,3);;;;;;. The summed E-state index contributed by atoms with van der Waals surface area (Å²) in [5.74, 6) is 0. The molecule has 4 nitrogen and oxygen atoms in total. The first-order valence-electron chi connectivity index (χ1n) is 2.84. The van der Waals surface area contributed by atoms with Gasteiger partial charge in [-0.05, 0) is 6.92 Å². The lowest BCUT2D eigenvalue weighted by molar-refractivity contribution is 0.219. The van der Waals surface area contributed by atoms with Crippen molar-refractivity contribution in [3.63, 3.8) is 0 Å². The number of allylic oxidation sites excluding steroid dienone is 1. The highest BCUT2D eigenvalue weighted by molar-refractivity contribution is 6.54. The molecular formula is C5H12Al2O4. The van der Waals surface area contributed by atoms with Crippen LogP contribution in [0.1, 0.15) is 6.92 Å². The Morgan fingerprint density at radius 1 is 1.27 bits per heavy atom. The minimum atomic E-state index is -0.694. The molecule has 0 aromatic rings. The Labute approximate surface area is 81.8 Å². The molecule has 11 heavy (non-hydrogen) atoms. The molecule has 6 heteroatoms. The SMILES string of the molecule is C=CC.O=[C](O)[AlH2].O=[C](O)[AlH2]. The average Bonchev–Trinajstić information content (AvgIpc) is 1.60. The van der Waals surface area contributed by atoms with Gasteiger partial charge in [-0.25, -0.2) is 0 Å². The van der Waals surface area contributed by atoms with Gasteiger partial charge < -0.3 is 10.2 Å². The maximum absolute atomic E-state index is 9.06. The van der Waals surface area contributed by atoms with Crippen molar-refractivity contribution in [2.45, 2.75) is 6.92 Å². The van der Waals surface area contributed by atoms with Gasteiger partial charge in [-0.15, -0.1) is 6.58 Å².